The minimum atomic E-state index is -1.32. The molecule has 1 aliphatic carbocycles. The van der Waals surface area contributed by atoms with Crippen LogP contribution in [0.25, 0.3) is 0 Å². The van der Waals surface area contributed by atoms with Gasteiger partial charge in [0.25, 0.3) is 0 Å². The molecule has 0 saturated carbocycles. The molecule has 2 rings (SSSR count). The van der Waals surface area contributed by atoms with Gasteiger partial charge in [-0.05, 0) is 49.1 Å². The van der Waals surface area contributed by atoms with E-state index in [1.54, 1.807) is 35.2 Å². The summed E-state index contributed by atoms with van der Waals surface area (Å²) in [7, 11) is 6.50. The molecule has 3 amide bonds. The number of rotatable bonds is 13. The molecule has 10 nitrogen and oxygen atoms in total. The van der Waals surface area contributed by atoms with Crippen LogP contribution in [-0.4, -0.2) is 76.7 Å². The second-order valence-corrected chi connectivity index (χ2v) is 9.20. The largest absolute Gasteiger partial charge is 0.388 e. The zero-order valence-corrected chi connectivity index (χ0v) is 24.1. The molecule has 224 valence electrons. The van der Waals surface area contributed by atoms with Crippen LogP contribution in [0.4, 0.5) is 13.6 Å². The number of methoxy groups -OCH3 is 1. The number of aliphatic imine (C=N–C) groups is 1. The molecule has 0 fully saturated rings. The Morgan fingerprint density at radius 3 is 2.61 bits per heavy atom. The third-order valence-corrected chi connectivity index (χ3v) is 6.37. The highest BCUT2D eigenvalue weighted by molar-refractivity contribution is 6.14. The van der Waals surface area contributed by atoms with Gasteiger partial charge in [0, 0.05) is 64.4 Å². The van der Waals surface area contributed by atoms with E-state index in [1.807, 2.05) is 18.2 Å². The first-order valence-electron chi connectivity index (χ1n) is 13.2. The fourth-order valence-corrected chi connectivity index (χ4v) is 4.21. The predicted molar refractivity (Wildman–Crippen MR) is 155 cm³/mol. The molecule has 12 heteroatoms. The summed E-state index contributed by atoms with van der Waals surface area (Å²) in [6, 6.07) is 1.58. The minimum absolute atomic E-state index is 0.113. The SMILES string of the molecule is CN=C(/C(C)=C/NC(=O)N[C@H](CNCCOC)C(O)c1ccc(F)c(F)c1)/C1=C/C(NC)=C(/C(=O)NC)CCC=C1. The third kappa shape index (κ3) is 9.92. The number of hydrogen-bond acceptors (Lipinski definition) is 7. The number of allylic oxidation sites excluding steroid dienone is 5. The number of hydrogen-bond donors (Lipinski definition) is 6. The Hall–Kier alpha value is -3.87. The monoisotopic (exact) mass is 574 g/mol. The fourth-order valence-electron chi connectivity index (χ4n) is 4.21. The lowest BCUT2D eigenvalue weighted by Gasteiger charge is -2.25. The molecule has 1 aromatic carbocycles. The summed E-state index contributed by atoms with van der Waals surface area (Å²) in [5.74, 6) is -2.30. The van der Waals surface area contributed by atoms with Gasteiger partial charge in [0.2, 0.25) is 5.91 Å². The Bertz CT molecular complexity index is 1230. The first-order valence-corrected chi connectivity index (χ1v) is 13.2. The number of ether oxygens (including phenoxy) is 1. The van der Waals surface area contributed by atoms with E-state index < -0.39 is 29.8 Å². The van der Waals surface area contributed by atoms with Gasteiger partial charge in [-0.3, -0.25) is 9.79 Å². The van der Waals surface area contributed by atoms with Crippen molar-refractivity contribution in [1.29, 1.82) is 0 Å². The summed E-state index contributed by atoms with van der Waals surface area (Å²) in [4.78, 5) is 29.6. The van der Waals surface area contributed by atoms with E-state index in [-0.39, 0.29) is 18.0 Å². The Labute approximate surface area is 239 Å². The lowest BCUT2D eigenvalue weighted by atomic mass is 9.96. The van der Waals surface area contributed by atoms with E-state index >= 15 is 0 Å². The summed E-state index contributed by atoms with van der Waals surface area (Å²) >= 11 is 0. The zero-order valence-electron chi connectivity index (χ0n) is 24.1. The molecule has 0 spiro atoms. The number of carbonyl (C=O) groups is 2. The minimum Gasteiger partial charge on any atom is -0.388 e. The topological polar surface area (TPSA) is 136 Å². The van der Waals surface area contributed by atoms with Crippen molar-refractivity contribution in [2.45, 2.75) is 31.9 Å². The van der Waals surface area contributed by atoms with Gasteiger partial charge in [0.1, 0.15) is 6.10 Å². The second-order valence-electron chi connectivity index (χ2n) is 9.20. The number of urea groups is 1. The van der Waals surface area contributed by atoms with Crippen molar-refractivity contribution in [2.75, 3.05) is 47.9 Å². The number of aliphatic hydroxyl groups excluding tert-OH is 1. The molecule has 0 saturated heterocycles. The van der Waals surface area contributed by atoms with Crippen LogP contribution in [0.3, 0.4) is 0 Å². The second kappa shape index (κ2) is 17.1. The van der Waals surface area contributed by atoms with Crippen LogP contribution >= 0.6 is 0 Å². The molecule has 0 radical (unpaired) electrons. The Morgan fingerprint density at radius 2 is 1.98 bits per heavy atom. The average molecular weight is 575 g/mol. The predicted octanol–water partition coefficient (Wildman–Crippen LogP) is 2.37. The maximum absolute atomic E-state index is 13.8. The van der Waals surface area contributed by atoms with Gasteiger partial charge in [-0.1, -0.05) is 18.2 Å². The van der Waals surface area contributed by atoms with E-state index in [0.29, 0.717) is 48.5 Å². The molecular formula is C29H40F2N6O4. The van der Waals surface area contributed by atoms with Crippen molar-refractivity contribution in [3.05, 3.63) is 82.2 Å². The summed E-state index contributed by atoms with van der Waals surface area (Å²) < 4.78 is 32.2. The fraction of sp³-hybridized carbons (Fsp3) is 0.414. The average Bonchev–Trinajstić information content (AvgIpc) is 2.95. The Kier molecular flexibility index (Phi) is 13.9. The van der Waals surface area contributed by atoms with Crippen LogP contribution in [0.1, 0.15) is 31.4 Å². The molecule has 6 N–H and O–H groups in total. The zero-order chi connectivity index (χ0) is 30.4. The maximum atomic E-state index is 13.8. The quantitative estimate of drug-likeness (QED) is 0.158. The molecule has 2 atom stereocenters. The van der Waals surface area contributed by atoms with E-state index in [0.717, 1.165) is 17.7 Å². The maximum Gasteiger partial charge on any atom is 0.319 e. The normalized spacial score (nSPS) is 18.9. The molecular weight excluding hydrogens is 534 g/mol. The van der Waals surface area contributed by atoms with Gasteiger partial charge in [-0.25, -0.2) is 13.6 Å². The van der Waals surface area contributed by atoms with Gasteiger partial charge in [-0.15, -0.1) is 0 Å². The van der Waals surface area contributed by atoms with Crippen molar-refractivity contribution < 1.29 is 28.2 Å². The van der Waals surface area contributed by atoms with Crippen LogP contribution in [0.5, 0.6) is 0 Å². The first kappa shape index (κ1) is 33.3. The highest BCUT2D eigenvalue weighted by atomic mass is 19.2. The summed E-state index contributed by atoms with van der Waals surface area (Å²) in [5, 5.41) is 25.0. The van der Waals surface area contributed by atoms with Crippen LogP contribution in [-0.2, 0) is 9.53 Å². The molecule has 0 aliphatic heterocycles. The molecule has 41 heavy (non-hydrogen) atoms. The molecule has 1 aromatic rings. The molecule has 1 unspecified atom stereocenters. The van der Waals surface area contributed by atoms with E-state index in [2.05, 4.69) is 31.6 Å². The number of amides is 3. The molecule has 0 bridgehead atoms. The summed E-state index contributed by atoms with van der Waals surface area (Å²) in [6.07, 6.45) is 7.09. The number of aliphatic hydroxyl groups is 1. The van der Waals surface area contributed by atoms with E-state index in [4.69, 9.17) is 4.74 Å². The first-order chi connectivity index (χ1) is 19.7. The van der Waals surface area contributed by atoms with Gasteiger partial charge in [-0.2, -0.15) is 0 Å². The highest BCUT2D eigenvalue weighted by Crippen LogP contribution is 2.21. The number of benzene rings is 1. The Morgan fingerprint density at radius 1 is 1.22 bits per heavy atom. The standard InChI is InChI=1S/C29H40F2N6O4/c1-18(26(33-3)19-8-6-7-9-21(28(39)34-4)24(15-19)32-2)16-36-29(40)37-25(17-35-12-13-41-5)27(38)20-10-11-22(30)23(31)14-20/h6,8,10-11,14-16,25,27,32,35,38H,7,9,12-13,17H2,1-5H3,(H,34,39)(H2,36,37,40)/b8-6?,18-16+,19-15+,24-21-,33-26?/t25-,27?/m1/s1. The number of nitrogens with zero attached hydrogens (tertiary/aromatic N) is 1. The number of carbonyl (C=O) groups excluding carboxylic acids is 2. The van der Waals surface area contributed by atoms with Crippen molar-refractivity contribution in [2.24, 2.45) is 4.99 Å². The number of likely N-dealkylation sites (N-methyl/N-ethyl adjacent to an activating group) is 2. The lowest BCUT2D eigenvalue weighted by Crippen LogP contribution is -2.49. The molecule has 0 heterocycles. The highest BCUT2D eigenvalue weighted by Gasteiger charge is 2.24. The van der Waals surface area contributed by atoms with Crippen LogP contribution in [0.2, 0.25) is 0 Å². The van der Waals surface area contributed by atoms with Crippen LogP contribution < -0.4 is 26.6 Å². The lowest BCUT2D eigenvalue weighted by molar-refractivity contribution is -0.117. The number of halogens is 2. The molecule has 1 aliphatic rings. The Balaban J connectivity index is 2.23. The van der Waals surface area contributed by atoms with Crippen molar-refractivity contribution >= 4 is 17.6 Å². The molecule has 0 aromatic heterocycles. The van der Waals surface area contributed by atoms with E-state index in [9.17, 15) is 23.5 Å². The van der Waals surface area contributed by atoms with Gasteiger partial charge >= 0.3 is 6.03 Å². The van der Waals surface area contributed by atoms with Gasteiger partial charge < -0.3 is 36.4 Å². The number of nitrogens with one attached hydrogen (secondary N) is 5. The van der Waals surface area contributed by atoms with Crippen molar-refractivity contribution in [1.82, 2.24) is 26.6 Å². The smallest absolute Gasteiger partial charge is 0.319 e. The third-order valence-electron chi connectivity index (χ3n) is 6.37. The van der Waals surface area contributed by atoms with Crippen LogP contribution in [0.15, 0.2) is 70.0 Å². The summed E-state index contributed by atoms with van der Waals surface area (Å²) in [6.45, 7) is 2.76. The van der Waals surface area contributed by atoms with Gasteiger partial charge in [0.05, 0.1) is 18.4 Å². The van der Waals surface area contributed by atoms with Gasteiger partial charge in [0.15, 0.2) is 11.6 Å². The van der Waals surface area contributed by atoms with E-state index in [1.165, 1.54) is 12.3 Å². The van der Waals surface area contributed by atoms with Crippen LogP contribution in [0, 0.1) is 11.6 Å². The summed E-state index contributed by atoms with van der Waals surface area (Å²) in [5.41, 5.74) is 3.36. The van der Waals surface area contributed by atoms with Crippen molar-refractivity contribution in [3.63, 3.8) is 0 Å². The van der Waals surface area contributed by atoms with Crippen molar-refractivity contribution in [3.8, 4) is 0 Å².